The lowest BCUT2D eigenvalue weighted by atomic mass is 10.0. The number of hydrogen-bond donors (Lipinski definition) is 2. The van der Waals surface area contributed by atoms with Gasteiger partial charge in [-0.25, -0.2) is 0 Å². The van der Waals surface area contributed by atoms with Gasteiger partial charge in [-0.05, 0) is 22.9 Å². The fourth-order valence-corrected chi connectivity index (χ4v) is 1.66. The van der Waals surface area contributed by atoms with Gasteiger partial charge < -0.3 is 14.9 Å². The maximum atomic E-state index is 9.62. The average molecular weight is 204 g/mol. The van der Waals surface area contributed by atoms with Crippen LogP contribution in [0.25, 0.3) is 10.8 Å². The molecule has 15 heavy (non-hydrogen) atoms. The maximum absolute atomic E-state index is 9.62. The van der Waals surface area contributed by atoms with Gasteiger partial charge in [0.25, 0.3) is 0 Å². The summed E-state index contributed by atoms with van der Waals surface area (Å²) in [5.74, 6) is 0.125. The largest absolute Gasteiger partial charge is 0.508 e. The zero-order chi connectivity index (χ0) is 10.8. The van der Waals surface area contributed by atoms with E-state index in [-0.39, 0.29) is 5.75 Å². The van der Waals surface area contributed by atoms with Crippen LogP contribution in [-0.4, -0.2) is 17.3 Å². The Kier molecular flexibility index (Phi) is 2.58. The van der Waals surface area contributed by atoms with Crippen LogP contribution in [0.5, 0.6) is 5.75 Å². The molecule has 0 spiro atoms. The van der Waals surface area contributed by atoms with Gasteiger partial charge in [0.05, 0.1) is 0 Å². The molecular weight excluding hydrogens is 192 g/mol. The van der Waals surface area contributed by atoms with Crippen LogP contribution in [-0.2, 0) is 4.74 Å². The van der Waals surface area contributed by atoms with Crippen LogP contribution in [0, 0.1) is 0 Å². The molecule has 3 heteroatoms. The Morgan fingerprint density at radius 2 is 1.93 bits per heavy atom. The first-order chi connectivity index (χ1) is 7.22. The molecule has 0 fully saturated rings. The minimum Gasteiger partial charge on any atom is -0.508 e. The van der Waals surface area contributed by atoms with Crippen molar-refractivity contribution in [2.24, 2.45) is 0 Å². The van der Waals surface area contributed by atoms with E-state index in [1.807, 2.05) is 24.3 Å². The lowest BCUT2D eigenvalue weighted by molar-refractivity contribution is -0.0759. The van der Waals surface area contributed by atoms with E-state index in [2.05, 4.69) is 0 Å². The smallest absolute Gasteiger partial charge is 0.181 e. The summed E-state index contributed by atoms with van der Waals surface area (Å²) in [5.41, 5.74) is 0.577. The number of phenols is 1. The standard InChI is InChI=1S/C12H12O3/c1-15-12(14)11-7-9(13)6-8-4-2-3-5-10(8)11/h2-7,12-14H,1H3. The zero-order valence-corrected chi connectivity index (χ0v) is 8.34. The number of fused-ring (bicyclic) bond motifs is 1. The Morgan fingerprint density at radius 3 is 2.67 bits per heavy atom. The molecule has 2 N–H and O–H groups in total. The van der Waals surface area contributed by atoms with Crippen molar-refractivity contribution in [3.8, 4) is 5.75 Å². The molecule has 2 aromatic rings. The Morgan fingerprint density at radius 1 is 1.20 bits per heavy atom. The van der Waals surface area contributed by atoms with Crippen molar-refractivity contribution < 1.29 is 14.9 Å². The van der Waals surface area contributed by atoms with Crippen molar-refractivity contribution in [2.45, 2.75) is 6.29 Å². The molecule has 2 rings (SSSR count). The van der Waals surface area contributed by atoms with E-state index in [4.69, 9.17) is 4.74 Å². The third kappa shape index (κ3) is 1.79. The van der Waals surface area contributed by atoms with Crippen LogP contribution in [0.2, 0.25) is 0 Å². The number of ether oxygens (including phenoxy) is 1. The van der Waals surface area contributed by atoms with Crippen molar-refractivity contribution >= 4 is 10.8 Å². The number of hydrogen-bond acceptors (Lipinski definition) is 3. The molecule has 0 bridgehead atoms. The summed E-state index contributed by atoms with van der Waals surface area (Å²) in [6, 6.07) is 10.7. The fourth-order valence-electron chi connectivity index (χ4n) is 1.66. The minimum atomic E-state index is -1.01. The highest BCUT2D eigenvalue weighted by Gasteiger charge is 2.11. The third-order valence-electron chi connectivity index (χ3n) is 2.37. The maximum Gasteiger partial charge on any atom is 0.181 e. The Labute approximate surface area is 87.5 Å². The third-order valence-corrected chi connectivity index (χ3v) is 2.37. The number of aliphatic hydroxyl groups is 1. The van der Waals surface area contributed by atoms with Gasteiger partial charge in [-0.15, -0.1) is 0 Å². The van der Waals surface area contributed by atoms with Crippen LogP contribution in [0.1, 0.15) is 11.9 Å². The highest BCUT2D eigenvalue weighted by Crippen LogP contribution is 2.29. The van der Waals surface area contributed by atoms with E-state index in [1.165, 1.54) is 13.2 Å². The van der Waals surface area contributed by atoms with Gasteiger partial charge in [-0.3, -0.25) is 0 Å². The second kappa shape index (κ2) is 3.88. The summed E-state index contributed by atoms with van der Waals surface area (Å²) in [6.45, 7) is 0. The van der Waals surface area contributed by atoms with Gasteiger partial charge in [0.2, 0.25) is 0 Å². The van der Waals surface area contributed by atoms with E-state index < -0.39 is 6.29 Å². The summed E-state index contributed by atoms with van der Waals surface area (Å²) in [4.78, 5) is 0. The molecule has 0 saturated heterocycles. The first-order valence-corrected chi connectivity index (χ1v) is 4.65. The SMILES string of the molecule is COC(O)c1cc(O)cc2ccccc12. The summed E-state index contributed by atoms with van der Waals surface area (Å²) < 4.78 is 4.84. The van der Waals surface area contributed by atoms with E-state index in [0.717, 1.165) is 10.8 Å². The predicted molar refractivity (Wildman–Crippen MR) is 57.6 cm³/mol. The van der Waals surface area contributed by atoms with Crippen molar-refractivity contribution in [2.75, 3.05) is 7.11 Å². The fraction of sp³-hybridized carbons (Fsp3) is 0.167. The highest BCUT2D eigenvalue weighted by atomic mass is 16.6. The van der Waals surface area contributed by atoms with Gasteiger partial charge >= 0.3 is 0 Å². The molecule has 0 aliphatic carbocycles. The number of benzene rings is 2. The first-order valence-electron chi connectivity index (χ1n) is 4.65. The summed E-state index contributed by atoms with van der Waals surface area (Å²) in [5, 5.41) is 20.9. The highest BCUT2D eigenvalue weighted by molar-refractivity contribution is 5.87. The van der Waals surface area contributed by atoms with Crippen molar-refractivity contribution in [1.29, 1.82) is 0 Å². The number of aromatic hydroxyl groups is 1. The second-order valence-corrected chi connectivity index (χ2v) is 3.34. The molecule has 0 aromatic heterocycles. The Bertz CT molecular complexity index is 479. The van der Waals surface area contributed by atoms with Gasteiger partial charge in [0.1, 0.15) is 5.75 Å². The van der Waals surface area contributed by atoms with Gasteiger partial charge in [0, 0.05) is 12.7 Å². The molecule has 1 unspecified atom stereocenters. The molecule has 0 aliphatic heterocycles. The number of phenolic OH excluding ortho intramolecular Hbond substituents is 1. The molecule has 2 aromatic carbocycles. The monoisotopic (exact) mass is 204 g/mol. The van der Waals surface area contributed by atoms with Gasteiger partial charge in [0.15, 0.2) is 6.29 Å². The zero-order valence-electron chi connectivity index (χ0n) is 8.34. The molecule has 0 radical (unpaired) electrons. The number of rotatable bonds is 2. The molecule has 0 saturated carbocycles. The van der Waals surface area contributed by atoms with Crippen LogP contribution >= 0.6 is 0 Å². The average Bonchev–Trinajstić information content (AvgIpc) is 2.26. The van der Waals surface area contributed by atoms with Gasteiger partial charge in [-0.2, -0.15) is 0 Å². The van der Waals surface area contributed by atoms with E-state index in [9.17, 15) is 10.2 Å². The molecule has 78 valence electrons. The van der Waals surface area contributed by atoms with Crippen LogP contribution < -0.4 is 0 Å². The second-order valence-electron chi connectivity index (χ2n) is 3.34. The number of aliphatic hydroxyl groups excluding tert-OH is 1. The molecule has 0 amide bonds. The first kappa shape index (κ1) is 9.96. The summed E-state index contributed by atoms with van der Waals surface area (Å²) in [6.07, 6.45) is -1.01. The topological polar surface area (TPSA) is 49.7 Å². The molecule has 0 aliphatic rings. The Balaban J connectivity index is 2.71. The van der Waals surface area contributed by atoms with E-state index in [0.29, 0.717) is 5.56 Å². The molecule has 0 heterocycles. The predicted octanol–water partition coefficient (Wildman–Crippen LogP) is 2.18. The van der Waals surface area contributed by atoms with Crippen molar-refractivity contribution in [3.63, 3.8) is 0 Å². The minimum absolute atomic E-state index is 0.125. The summed E-state index contributed by atoms with van der Waals surface area (Å²) >= 11 is 0. The Hall–Kier alpha value is -1.58. The normalized spacial score (nSPS) is 12.9. The number of methoxy groups -OCH3 is 1. The van der Waals surface area contributed by atoms with E-state index in [1.54, 1.807) is 6.07 Å². The quantitative estimate of drug-likeness (QED) is 0.737. The molecular formula is C12H12O3. The van der Waals surface area contributed by atoms with Crippen LogP contribution in [0.15, 0.2) is 36.4 Å². The van der Waals surface area contributed by atoms with E-state index >= 15 is 0 Å². The molecule has 1 atom stereocenters. The van der Waals surface area contributed by atoms with Crippen molar-refractivity contribution in [1.82, 2.24) is 0 Å². The van der Waals surface area contributed by atoms with Crippen molar-refractivity contribution in [3.05, 3.63) is 42.0 Å². The van der Waals surface area contributed by atoms with Gasteiger partial charge in [-0.1, -0.05) is 24.3 Å². The van der Waals surface area contributed by atoms with Crippen LogP contribution in [0.4, 0.5) is 0 Å². The lowest BCUT2D eigenvalue weighted by Crippen LogP contribution is -2.00. The lowest BCUT2D eigenvalue weighted by Gasteiger charge is -2.12. The summed E-state index contributed by atoms with van der Waals surface area (Å²) in [7, 11) is 1.42. The molecule has 3 nitrogen and oxygen atoms in total. The van der Waals surface area contributed by atoms with Crippen LogP contribution in [0.3, 0.4) is 0 Å².